The summed E-state index contributed by atoms with van der Waals surface area (Å²) in [6.45, 7) is 13.1. The highest BCUT2D eigenvalue weighted by Crippen LogP contribution is 2.27. The van der Waals surface area contributed by atoms with Crippen molar-refractivity contribution in [1.29, 1.82) is 0 Å². The van der Waals surface area contributed by atoms with Gasteiger partial charge in [-0.05, 0) is 37.3 Å². The van der Waals surface area contributed by atoms with Crippen LogP contribution in [-0.2, 0) is 9.59 Å². The summed E-state index contributed by atoms with van der Waals surface area (Å²) in [7, 11) is 0. The van der Waals surface area contributed by atoms with Gasteiger partial charge in [0.05, 0.1) is 0 Å². The van der Waals surface area contributed by atoms with Gasteiger partial charge in [-0.15, -0.1) is 0 Å². The molecule has 2 amide bonds. The Morgan fingerprint density at radius 3 is 2.26 bits per heavy atom. The zero-order valence-corrected chi connectivity index (χ0v) is 17.5. The van der Waals surface area contributed by atoms with Crippen LogP contribution in [0.2, 0.25) is 0 Å². The largest absolute Gasteiger partial charge is 0.481 e. The van der Waals surface area contributed by atoms with Crippen LogP contribution in [0.5, 0.6) is 5.75 Å². The molecule has 0 saturated carbocycles. The van der Waals surface area contributed by atoms with Crippen molar-refractivity contribution < 1.29 is 14.3 Å². The Morgan fingerprint density at radius 2 is 1.70 bits per heavy atom. The van der Waals surface area contributed by atoms with Gasteiger partial charge >= 0.3 is 0 Å². The third kappa shape index (κ3) is 5.72. The van der Waals surface area contributed by atoms with Crippen LogP contribution in [0.25, 0.3) is 0 Å². The van der Waals surface area contributed by atoms with Crippen LogP contribution < -0.4 is 10.1 Å². The normalized spacial score (nSPS) is 16.9. The second kappa shape index (κ2) is 8.77. The Morgan fingerprint density at radius 1 is 1.11 bits per heavy atom. The molecule has 1 aromatic carbocycles. The van der Waals surface area contributed by atoms with Gasteiger partial charge in [-0.2, -0.15) is 0 Å². The highest BCUT2D eigenvalue weighted by Gasteiger charge is 2.30. The smallest absolute Gasteiger partial charge is 0.263 e. The van der Waals surface area contributed by atoms with E-state index >= 15 is 0 Å². The summed E-state index contributed by atoms with van der Waals surface area (Å²) in [6, 6.07) is 8.03. The van der Waals surface area contributed by atoms with Crippen molar-refractivity contribution in [2.45, 2.75) is 72.4 Å². The van der Waals surface area contributed by atoms with Gasteiger partial charge in [0.1, 0.15) is 5.75 Å². The molecule has 0 spiro atoms. The number of nitrogens with zero attached hydrogens (tertiary/aromatic N) is 1. The van der Waals surface area contributed by atoms with Crippen LogP contribution in [-0.4, -0.2) is 41.9 Å². The van der Waals surface area contributed by atoms with Crippen LogP contribution in [0.1, 0.15) is 65.9 Å². The van der Waals surface area contributed by atoms with E-state index in [1.54, 1.807) is 0 Å². The van der Waals surface area contributed by atoms with Gasteiger partial charge in [-0.3, -0.25) is 9.59 Å². The fraction of sp³-hybridized carbons (Fsp3) is 0.636. The maximum absolute atomic E-state index is 12.8. The number of nitrogens with one attached hydrogen (secondary N) is 1. The first kappa shape index (κ1) is 21.3. The third-order valence-corrected chi connectivity index (χ3v) is 5.02. The molecule has 1 N–H and O–H groups in total. The van der Waals surface area contributed by atoms with Crippen molar-refractivity contribution in [2.75, 3.05) is 13.1 Å². The Balaban J connectivity index is 1.89. The van der Waals surface area contributed by atoms with Gasteiger partial charge in [-0.1, -0.05) is 52.8 Å². The fourth-order valence-electron chi connectivity index (χ4n) is 3.21. The van der Waals surface area contributed by atoms with Gasteiger partial charge in [0, 0.05) is 24.5 Å². The van der Waals surface area contributed by atoms with Crippen molar-refractivity contribution >= 4 is 11.8 Å². The molecule has 1 saturated heterocycles. The molecule has 0 aromatic heterocycles. The van der Waals surface area contributed by atoms with Crippen molar-refractivity contribution in [3.05, 3.63) is 29.8 Å². The molecule has 27 heavy (non-hydrogen) atoms. The number of piperidine rings is 1. The number of benzene rings is 1. The number of carbonyl (C=O) groups is 2. The Hall–Kier alpha value is -2.04. The summed E-state index contributed by atoms with van der Waals surface area (Å²) in [4.78, 5) is 26.8. The lowest BCUT2D eigenvalue weighted by Gasteiger charge is -2.35. The molecule has 1 aliphatic heterocycles. The number of carbonyl (C=O) groups excluding carboxylic acids is 2. The molecule has 1 aromatic rings. The minimum Gasteiger partial charge on any atom is -0.481 e. The molecule has 1 fully saturated rings. The third-order valence-electron chi connectivity index (χ3n) is 5.02. The molecule has 0 bridgehead atoms. The minimum atomic E-state index is -0.523. The van der Waals surface area contributed by atoms with E-state index in [0.717, 1.165) is 24.2 Å². The number of rotatable bonds is 5. The predicted octanol–water partition coefficient (Wildman–Crippen LogP) is 3.73. The summed E-state index contributed by atoms with van der Waals surface area (Å²) in [5.41, 5.74) is 0.722. The summed E-state index contributed by atoms with van der Waals surface area (Å²) in [6.07, 6.45) is 1.04. The Labute approximate surface area is 163 Å². The van der Waals surface area contributed by atoms with Crippen LogP contribution in [0.4, 0.5) is 0 Å². The summed E-state index contributed by atoms with van der Waals surface area (Å²) in [5.74, 6) is 1.19. The number of hydrogen-bond donors (Lipinski definition) is 1. The van der Waals surface area contributed by atoms with Crippen LogP contribution in [0, 0.1) is 5.41 Å². The Kier molecular flexibility index (Phi) is 6.90. The first-order chi connectivity index (χ1) is 12.6. The molecule has 0 aliphatic carbocycles. The van der Waals surface area contributed by atoms with E-state index in [1.807, 2.05) is 56.9 Å². The Bertz CT molecular complexity index is 656. The van der Waals surface area contributed by atoms with Crippen molar-refractivity contribution in [1.82, 2.24) is 10.2 Å². The molecule has 0 radical (unpaired) electrons. The van der Waals surface area contributed by atoms with Gasteiger partial charge in [0.15, 0.2) is 6.10 Å². The highest BCUT2D eigenvalue weighted by atomic mass is 16.5. The molecular formula is C22H34N2O3. The molecule has 5 heteroatoms. The maximum atomic E-state index is 12.8. The highest BCUT2D eigenvalue weighted by molar-refractivity contribution is 5.82. The zero-order valence-electron chi connectivity index (χ0n) is 17.5. The lowest BCUT2D eigenvalue weighted by atomic mass is 9.94. The number of likely N-dealkylation sites (tertiary alicyclic amines) is 1. The SMILES string of the molecule is CC(Oc1ccccc1C(C)C)C(=O)N1CCC(NC(=O)C(C)(C)C)CC1. The van der Waals surface area contributed by atoms with Gasteiger partial charge in [0.2, 0.25) is 5.91 Å². The van der Waals surface area contributed by atoms with Crippen molar-refractivity contribution in [3.8, 4) is 5.75 Å². The average Bonchev–Trinajstić information content (AvgIpc) is 2.61. The van der Waals surface area contributed by atoms with Crippen LogP contribution in [0.3, 0.4) is 0 Å². The van der Waals surface area contributed by atoms with E-state index in [-0.39, 0.29) is 23.3 Å². The molecule has 2 rings (SSSR count). The van der Waals surface area contributed by atoms with E-state index in [0.29, 0.717) is 19.0 Å². The molecule has 1 atom stereocenters. The van der Waals surface area contributed by atoms with Gasteiger partial charge < -0.3 is 15.0 Å². The molecule has 1 aliphatic rings. The average molecular weight is 375 g/mol. The number of hydrogen-bond acceptors (Lipinski definition) is 3. The molecule has 150 valence electrons. The van der Waals surface area contributed by atoms with Crippen LogP contribution in [0.15, 0.2) is 24.3 Å². The lowest BCUT2D eigenvalue weighted by Crippen LogP contribution is -2.51. The standard InChI is InChI=1S/C22H34N2O3/c1-15(2)18-9-7-8-10-19(18)27-16(3)20(25)24-13-11-17(12-14-24)23-21(26)22(4,5)6/h7-10,15-17H,11-14H2,1-6H3,(H,23,26). The zero-order chi connectivity index (χ0) is 20.2. The van der Waals surface area contributed by atoms with Gasteiger partial charge in [-0.25, -0.2) is 0 Å². The summed E-state index contributed by atoms with van der Waals surface area (Å²) < 4.78 is 6.00. The topological polar surface area (TPSA) is 58.6 Å². The van der Waals surface area contributed by atoms with E-state index in [2.05, 4.69) is 19.2 Å². The van der Waals surface area contributed by atoms with Crippen LogP contribution >= 0.6 is 0 Å². The predicted molar refractivity (Wildman–Crippen MR) is 108 cm³/mol. The number of ether oxygens (including phenoxy) is 1. The van der Waals surface area contributed by atoms with Crippen molar-refractivity contribution in [2.24, 2.45) is 5.41 Å². The lowest BCUT2D eigenvalue weighted by molar-refractivity contribution is -0.139. The van der Waals surface area contributed by atoms with Crippen molar-refractivity contribution in [3.63, 3.8) is 0 Å². The fourth-order valence-corrected chi connectivity index (χ4v) is 3.21. The summed E-state index contributed by atoms with van der Waals surface area (Å²) >= 11 is 0. The van der Waals surface area contributed by atoms with E-state index in [9.17, 15) is 9.59 Å². The first-order valence-corrected chi connectivity index (χ1v) is 9.95. The van der Waals surface area contributed by atoms with Gasteiger partial charge in [0.25, 0.3) is 5.91 Å². The number of amides is 2. The van der Waals surface area contributed by atoms with E-state index in [4.69, 9.17) is 4.74 Å². The second-order valence-electron chi connectivity index (χ2n) is 8.78. The second-order valence-corrected chi connectivity index (χ2v) is 8.78. The molecule has 1 heterocycles. The number of para-hydroxylation sites is 1. The monoisotopic (exact) mass is 374 g/mol. The molecule has 5 nitrogen and oxygen atoms in total. The maximum Gasteiger partial charge on any atom is 0.263 e. The van der Waals surface area contributed by atoms with E-state index in [1.165, 1.54) is 0 Å². The minimum absolute atomic E-state index is 0.00848. The molecule has 1 unspecified atom stereocenters. The molecular weight excluding hydrogens is 340 g/mol. The quantitative estimate of drug-likeness (QED) is 0.854. The van der Waals surface area contributed by atoms with E-state index < -0.39 is 6.10 Å². The summed E-state index contributed by atoms with van der Waals surface area (Å²) in [5, 5.41) is 3.10. The first-order valence-electron chi connectivity index (χ1n) is 9.95.